The van der Waals surface area contributed by atoms with Crippen LogP contribution in [-0.2, 0) is 22.6 Å². The van der Waals surface area contributed by atoms with Crippen molar-refractivity contribution in [3.8, 4) is 5.75 Å². The second-order valence-corrected chi connectivity index (χ2v) is 11.4. The molecule has 1 fully saturated rings. The van der Waals surface area contributed by atoms with E-state index in [9.17, 15) is 9.59 Å². The highest BCUT2D eigenvalue weighted by Crippen LogP contribution is 2.28. The van der Waals surface area contributed by atoms with Crippen molar-refractivity contribution in [1.82, 2.24) is 10.2 Å². The molecular formula is C29H29Br2ClN2O3. The monoisotopic (exact) mass is 646 g/mol. The summed E-state index contributed by atoms with van der Waals surface area (Å²) in [4.78, 5) is 29.0. The summed E-state index contributed by atoms with van der Waals surface area (Å²) >= 11 is 13.0. The van der Waals surface area contributed by atoms with Gasteiger partial charge < -0.3 is 15.0 Å². The van der Waals surface area contributed by atoms with E-state index in [1.54, 1.807) is 23.1 Å². The predicted octanol–water partition coefficient (Wildman–Crippen LogP) is 6.94. The number of carbonyl (C=O) groups excluding carboxylic acids is 2. The number of nitrogens with zero attached hydrogens (tertiary/aromatic N) is 1. The minimum absolute atomic E-state index is 0.131. The number of hydrogen-bond donors (Lipinski definition) is 1. The van der Waals surface area contributed by atoms with Gasteiger partial charge in [-0.25, -0.2) is 0 Å². The van der Waals surface area contributed by atoms with E-state index >= 15 is 0 Å². The molecule has 0 unspecified atom stereocenters. The van der Waals surface area contributed by atoms with Gasteiger partial charge >= 0.3 is 0 Å². The van der Waals surface area contributed by atoms with Crippen molar-refractivity contribution in [2.24, 2.45) is 0 Å². The lowest BCUT2D eigenvalue weighted by atomic mass is 10.0. The van der Waals surface area contributed by atoms with E-state index in [1.165, 1.54) is 0 Å². The number of carbonyl (C=O) groups is 2. The molecule has 37 heavy (non-hydrogen) atoms. The molecule has 1 aliphatic carbocycles. The smallest absolute Gasteiger partial charge is 0.261 e. The van der Waals surface area contributed by atoms with E-state index < -0.39 is 6.04 Å². The summed E-state index contributed by atoms with van der Waals surface area (Å²) in [7, 11) is 0. The minimum Gasteiger partial charge on any atom is -0.483 e. The third-order valence-corrected chi connectivity index (χ3v) is 7.87. The van der Waals surface area contributed by atoms with Crippen LogP contribution in [-0.4, -0.2) is 35.4 Å². The molecule has 1 atom stereocenters. The summed E-state index contributed by atoms with van der Waals surface area (Å²) in [5, 5.41) is 3.78. The van der Waals surface area contributed by atoms with Gasteiger partial charge in [0, 0.05) is 28.5 Å². The van der Waals surface area contributed by atoms with Gasteiger partial charge in [-0.1, -0.05) is 82.8 Å². The number of amides is 2. The van der Waals surface area contributed by atoms with Crippen molar-refractivity contribution in [1.29, 1.82) is 0 Å². The molecule has 0 heterocycles. The zero-order valence-electron chi connectivity index (χ0n) is 20.3. The van der Waals surface area contributed by atoms with Crippen molar-refractivity contribution in [3.63, 3.8) is 0 Å². The molecule has 4 rings (SSSR count). The highest BCUT2D eigenvalue weighted by atomic mass is 79.9. The van der Waals surface area contributed by atoms with E-state index in [0.717, 1.165) is 41.3 Å². The zero-order chi connectivity index (χ0) is 26.2. The molecule has 2 amide bonds. The Balaban J connectivity index is 1.61. The molecule has 1 N–H and O–H groups in total. The summed E-state index contributed by atoms with van der Waals surface area (Å²) < 4.78 is 7.48. The SMILES string of the molecule is O=C(NC1CCCC1)[C@H](Cc1ccccc1)N(Cc1ccc(Br)cc1)C(=O)COc1ccc(Cl)cc1Br. The van der Waals surface area contributed by atoms with Gasteiger partial charge in [0.15, 0.2) is 6.61 Å². The fourth-order valence-corrected chi connectivity index (χ4v) is 5.58. The lowest BCUT2D eigenvalue weighted by Crippen LogP contribution is -2.53. The lowest BCUT2D eigenvalue weighted by molar-refractivity contribution is -0.143. The molecule has 5 nitrogen and oxygen atoms in total. The van der Waals surface area contributed by atoms with Gasteiger partial charge in [-0.15, -0.1) is 0 Å². The minimum atomic E-state index is -0.684. The highest BCUT2D eigenvalue weighted by molar-refractivity contribution is 9.10. The maximum Gasteiger partial charge on any atom is 0.261 e. The van der Waals surface area contributed by atoms with Gasteiger partial charge in [0.1, 0.15) is 11.8 Å². The number of ether oxygens (including phenoxy) is 1. The number of benzene rings is 3. The van der Waals surface area contributed by atoms with Crippen LogP contribution in [0.3, 0.4) is 0 Å². The molecule has 0 aliphatic heterocycles. The Kier molecular flexibility index (Phi) is 10.1. The molecule has 3 aromatic carbocycles. The van der Waals surface area contributed by atoms with Crippen molar-refractivity contribution >= 4 is 55.3 Å². The Bertz CT molecular complexity index is 1200. The number of hydrogen-bond acceptors (Lipinski definition) is 3. The summed E-state index contributed by atoms with van der Waals surface area (Å²) in [5.41, 5.74) is 1.92. The molecule has 8 heteroatoms. The summed E-state index contributed by atoms with van der Waals surface area (Å²) in [6, 6.07) is 22.2. The Labute approximate surface area is 239 Å². The molecule has 1 saturated carbocycles. The number of nitrogens with one attached hydrogen (secondary N) is 1. The maximum atomic E-state index is 13.7. The molecule has 0 aromatic heterocycles. The second-order valence-electron chi connectivity index (χ2n) is 9.21. The molecule has 0 bridgehead atoms. The second kappa shape index (κ2) is 13.4. The number of rotatable bonds is 10. The fourth-order valence-electron chi connectivity index (χ4n) is 4.52. The summed E-state index contributed by atoms with van der Waals surface area (Å²) in [5.74, 6) is 0.109. The van der Waals surface area contributed by atoms with Gasteiger partial charge in [0.05, 0.1) is 4.47 Å². The number of halogens is 3. The van der Waals surface area contributed by atoms with E-state index in [-0.39, 0.29) is 31.0 Å². The highest BCUT2D eigenvalue weighted by Gasteiger charge is 2.32. The summed E-state index contributed by atoms with van der Waals surface area (Å²) in [6.45, 7) is 0.0750. The van der Waals surface area contributed by atoms with E-state index in [0.29, 0.717) is 21.7 Å². The van der Waals surface area contributed by atoms with Gasteiger partial charge in [0.2, 0.25) is 5.91 Å². The van der Waals surface area contributed by atoms with E-state index in [1.807, 2.05) is 54.6 Å². The molecule has 1 aliphatic rings. The van der Waals surface area contributed by atoms with Crippen LogP contribution in [0.25, 0.3) is 0 Å². The standard InChI is InChI=1S/C29H29Br2ClN2O3/c30-22-12-10-21(11-13-22)18-34(28(35)19-37-27-15-14-23(32)17-25(27)31)26(16-20-6-2-1-3-7-20)29(36)33-24-8-4-5-9-24/h1-3,6-7,10-15,17,24,26H,4-5,8-9,16,18-19H2,(H,33,36)/t26-/m0/s1. The van der Waals surface area contributed by atoms with Gasteiger partial charge in [-0.05, 0) is 70.2 Å². The first-order chi connectivity index (χ1) is 17.9. The van der Waals surface area contributed by atoms with Gasteiger partial charge in [-0.3, -0.25) is 9.59 Å². The predicted molar refractivity (Wildman–Crippen MR) is 154 cm³/mol. The first-order valence-corrected chi connectivity index (χ1v) is 14.3. The van der Waals surface area contributed by atoms with Crippen LogP contribution in [0.1, 0.15) is 36.8 Å². The van der Waals surface area contributed by atoms with Gasteiger partial charge in [-0.2, -0.15) is 0 Å². The van der Waals surface area contributed by atoms with Crippen LogP contribution in [0.4, 0.5) is 0 Å². The molecule has 0 spiro atoms. The molecule has 0 radical (unpaired) electrons. The van der Waals surface area contributed by atoms with Crippen LogP contribution in [0.5, 0.6) is 5.75 Å². The van der Waals surface area contributed by atoms with Crippen molar-refractivity contribution < 1.29 is 14.3 Å². The van der Waals surface area contributed by atoms with Gasteiger partial charge in [0.25, 0.3) is 5.91 Å². The van der Waals surface area contributed by atoms with Crippen molar-refractivity contribution in [3.05, 3.63) is 97.9 Å². The Hall–Kier alpha value is -2.35. The quantitative estimate of drug-likeness (QED) is 0.259. The van der Waals surface area contributed by atoms with Crippen molar-refractivity contribution in [2.45, 2.75) is 50.7 Å². The van der Waals surface area contributed by atoms with E-state index in [4.69, 9.17) is 16.3 Å². The molecule has 194 valence electrons. The van der Waals surface area contributed by atoms with Crippen LogP contribution in [0.2, 0.25) is 5.02 Å². The topological polar surface area (TPSA) is 58.6 Å². The lowest BCUT2D eigenvalue weighted by Gasteiger charge is -2.32. The maximum absolute atomic E-state index is 13.7. The third kappa shape index (κ3) is 8.06. The first-order valence-electron chi connectivity index (χ1n) is 12.3. The van der Waals surface area contributed by atoms with Crippen LogP contribution >= 0.6 is 43.5 Å². The molecule has 3 aromatic rings. The Morgan fingerprint density at radius 3 is 2.35 bits per heavy atom. The fraction of sp³-hybridized carbons (Fsp3) is 0.310. The molecular weight excluding hydrogens is 620 g/mol. The average molecular weight is 649 g/mol. The van der Waals surface area contributed by atoms with Crippen LogP contribution in [0.15, 0.2) is 81.7 Å². The zero-order valence-corrected chi connectivity index (χ0v) is 24.3. The normalized spacial score (nSPS) is 14.2. The van der Waals surface area contributed by atoms with E-state index in [2.05, 4.69) is 37.2 Å². The average Bonchev–Trinajstić information content (AvgIpc) is 3.40. The first kappa shape index (κ1) is 27.7. The Morgan fingerprint density at radius 1 is 0.973 bits per heavy atom. The summed E-state index contributed by atoms with van der Waals surface area (Å²) in [6.07, 6.45) is 4.57. The van der Waals surface area contributed by atoms with Crippen LogP contribution < -0.4 is 10.1 Å². The molecule has 0 saturated heterocycles. The third-order valence-electron chi connectivity index (χ3n) is 6.48. The van der Waals surface area contributed by atoms with Crippen molar-refractivity contribution in [2.75, 3.05) is 6.61 Å². The largest absolute Gasteiger partial charge is 0.483 e. The van der Waals surface area contributed by atoms with Crippen LogP contribution in [0, 0.1) is 0 Å². The Morgan fingerprint density at radius 2 is 1.68 bits per heavy atom.